The molecule has 2 aromatic carbocycles. The highest BCUT2D eigenvalue weighted by atomic mass is 16.5. The fourth-order valence-electron chi connectivity index (χ4n) is 3.18. The van der Waals surface area contributed by atoms with Crippen molar-refractivity contribution in [2.45, 2.75) is 36.9 Å². The van der Waals surface area contributed by atoms with Crippen LogP contribution in [0.4, 0.5) is 0 Å². The Balaban J connectivity index is 1.72. The molecule has 5 atom stereocenters. The minimum absolute atomic E-state index is 0.434. The topological polar surface area (TPSA) is 99.4 Å². The predicted octanol–water partition coefficient (Wildman–Crippen LogP) is 0.801. The van der Waals surface area contributed by atoms with Gasteiger partial charge in [0.05, 0.1) is 13.7 Å². The quantitative estimate of drug-likeness (QED) is 0.630. The van der Waals surface area contributed by atoms with Crippen LogP contribution in [0.15, 0.2) is 48.5 Å². The Morgan fingerprint density at radius 1 is 0.846 bits per heavy atom. The lowest BCUT2D eigenvalue weighted by atomic mass is 9.90. The summed E-state index contributed by atoms with van der Waals surface area (Å²) in [5, 5.41) is 39.3. The first-order valence-corrected chi connectivity index (χ1v) is 8.55. The highest BCUT2D eigenvalue weighted by Gasteiger charge is 2.43. The van der Waals surface area contributed by atoms with Gasteiger partial charge in [-0.1, -0.05) is 36.4 Å². The van der Waals surface area contributed by atoms with Crippen LogP contribution in [-0.2, 0) is 11.2 Å². The molecule has 0 saturated carbocycles. The van der Waals surface area contributed by atoms with E-state index in [-0.39, 0.29) is 0 Å². The first-order chi connectivity index (χ1) is 12.5. The minimum atomic E-state index is -1.37. The molecule has 6 heteroatoms. The van der Waals surface area contributed by atoms with Gasteiger partial charge in [-0.15, -0.1) is 0 Å². The molecule has 26 heavy (non-hydrogen) atoms. The summed E-state index contributed by atoms with van der Waals surface area (Å²) in [6.07, 6.45) is -4.94. The molecule has 0 aliphatic carbocycles. The summed E-state index contributed by atoms with van der Waals surface area (Å²) in [5.41, 5.74) is 2.91. The summed E-state index contributed by atoms with van der Waals surface area (Å²) in [6.45, 7) is -0.434. The van der Waals surface area contributed by atoms with E-state index in [1.54, 1.807) is 7.11 Å². The van der Waals surface area contributed by atoms with E-state index in [0.29, 0.717) is 5.56 Å². The zero-order valence-electron chi connectivity index (χ0n) is 14.5. The van der Waals surface area contributed by atoms with Crippen LogP contribution in [0, 0.1) is 0 Å². The van der Waals surface area contributed by atoms with Gasteiger partial charge >= 0.3 is 0 Å². The Hall–Kier alpha value is -1.96. The van der Waals surface area contributed by atoms with Gasteiger partial charge in [-0.25, -0.2) is 0 Å². The van der Waals surface area contributed by atoms with E-state index in [0.717, 1.165) is 23.3 Å². The Kier molecular flexibility index (Phi) is 5.90. The van der Waals surface area contributed by atoms with Crippen molar-refractivity contribution in [3.8, 4) is 5.75 Å². The second-order valence-electron chi connectivity index (χ2n) is 6.52. The van der Waals surface area contributed by atoms with Crippen molar-refractivity contribution < 1.29 is 29.9 Å². The van der Waals surface area contributed by atoms with Gasteiger partial charge in [0.1, 0.15) is 36.3 Å². The van der Waals surface area contributed by atoms with Crippen LogP contribution in [0.5, 0.6) is 5.75 Å². The Labute approximate surface area is 152 Å². The highest BCUT2D eigenvalue weighted by Crippen LogP contribution is 2.32. The third-order valence-electron chi connectivity index (χ3n) is 4.77. The summed E-state index contributed by atoms with van der Waals surface area (Å²) in [6, 6.07) is 15.4. The first kappa shape index (κ1) is 18.8. The molecule has 1 fully saturated rings. The maximum Gasteiger partial charge on any atom is 0.118 e. The molecule has 6 nitrogen and oxygen atoms in total. The van der Waals surface area contributed by atoms with Crippen molar-refractivity contribution in [2.24, 2.45) is 0 Å². The molecule has 0 amide bonds. The van der Waals surface area contributed by atoms with E-state index in [1.165, 1.54) is 0 Å². The number of methoxy groups -OCH3 is 1. The second kappa shape index (κ2) is 8.16. The van der Waals surface area contributed by atoms with Crippen LogP contribution in [-0.4, -0.2) is 58.6 Å². The average molecular weight is 360 g/mol. The monoisotopic (exact) mass is 360 g/mol. The van der Waals surface area contributed by atoms with Crippen LogP contribution < -0.4 is 4.74 Å². The Morgan fingerprint density at radius 2 is 1.42 bits per heavy atom. The lowest BCUT2D eigenvalue weighted by Crippen LogP contribution is -2.55. The van der Waals surface area contributed by atoms with E-state index < -0.39 is 37.1 Å². The van der Waals surface area contributed by atoms with Crippen molar-refractivity contribution in [1.29, 1.82) is 0 Å². The van der Waals surface area contributed by atoms with Gasteiger partial charge in [-0.05, 0) is 35.2 Å². The van der Waals surface area contributed by atoms with Crippen molar-refractivity contribution in [3.05, 3.63) is 65.2 Å². The normalized spacial score (nSPS) is 28.7. The van der Waals surface area contributed by atoms with Crippen molar-refractivity contribution in [2.75, 3.05) is 13.7 Å². The van der Waals surface area contributed by atoms with E-state index in [9.17, 15) is 20.4 Å². The maximum atomic E-state index is 10.2. The van der Waals surface area contributed by atoms with Crippen molar-refractivity contribution >= 4 is 0 Å². The molecule has 0 radical (unpaired) electrons. The van der Waals surface area contributed by atoms with Crippen molar-refractivity contribution in [1.82, 2.24) is 0 Å². The highest BCUT2D eigenvalue weighted by molar-refractivity contribution is 5.33. The third-order valence-corrected chi connectivity index (χ3v) is 4.77. The Bertz CT molecular complexity index is 697. The average Bonchev–Trinajstić information content (AvgIpc) is 2.68. The van der Waals surface area contributed by atoms with Gasteiger partial charge in [0.2, 0.25) is 0 Å². The lowest BCUT2D eigenvalue weighted by molar-refractivity contribution is -0.231. The minimum Gasteiger partial charge on any atom is -0.497 e. The van der Waals surface area contributed by atoms with Gasteiger partial charge in [0.15, 0.2) is 0 Å². The van der Waals surface area contributed by atoms with E-state index >= 15 is 0 Å². The molecule has 1 saturated heterocycles. The molecule has 2 aromatic rings. The van der Waals surface area contributed by atoms with Gasteiger partial charge in [-0.2, -0.15) is 0 Å². The van der Waals surface area contributed by atoms with E-state index in [4.69, 9.17) is 9.47 Å². The van der Waals surface area contributed by atoms with Crippen LogP contribution >= 0.6 is 0 Å². The van der Waals surface area contributed by atoms with Gasteiger partial charge < -0.3 is 29.9 Å². The standard InChI is InChI=1S/C20H24O6/c1-25-15-8-4-13(5-9-15)10-12-2-6-14(7-3-12)20-19(24)18(23)17(22)16(11-21)26-20/h2-9,16-24H,10-11H2,1H3/t16-,17-,18+,19-,20+/m1/s1. The van der Waals surface area contributed by atoms with Crippen molar-refractivity contribution in [3.63, 3.8) is 0 Å². The maximum absolute atomic E-state index is 10.2. The fourth-order valence-corrected chi connectivity index (χ4v) is 3.18. The predicted molar refractivity (Wildman–Crippen MR) is 95.0 cm³/mol. The molecule has 1 heterocycles. The van der Waals surface area contributed by atoms with Crippen LogP contribution in [0.1, 0.15) is 22.8 Å². The molecule has 0 spiro atoms. The molecular weight excluding hydrogens is 336 g/mol. The smallest absolute Gasteiger partial charge is 0.118 e. The molecule has 0 bridgehead atoms. The van der Waals surface area contributed by atoms with Gasteiger partial charge in [-0.3, -0.25) is 0 Å². The molecule has 1 aliphatic heterocycles. The molecule has 1 aliphatic rings. The zero-order valence-corrected chi connectivity index (χ0v) is 14.5. The third kappa shape index (κ3) is 3.90. The molecule has 140 valence electrons. The molecule has 3 rings (SSSR count). The molecule has 0 aromatic heterocycles. The summed E-state index contributed by atoms with van der Waals surface area (Å²) in [4.78, 5) is 0. The summed E-state index contributed by atoms with van der Waals surface area (Å²) < 4.78 is 10.7. The van der Waals surface area contributed by atoms with Gasteiger partial charge in [0.25, 0.3) is 0 Å². The zero-order chi connectivity index (χ0) is 18.7. The van der Waals surface area contributed by atoms with E-state index in [1.807, 2.05) is 48.5 Å². The van der Waals surface area contributed by atoms with Crippen LogP contribution in [0.25, 0.3) is 0 Å². The molecular formula is C20H24O6. The summed E-state index contributed by atoms with van der Waals surface area (Å²) in [5.74, 6) is 0.812. The first-order valence-electron chi connectivity index (χ1n) is 8.55. The van der Waals surface area contributed by atoms with Crippen LogP contribution in [0.3, 0.4) is 0 Å². The lowest BCUT2D eigenvalue weighted by Gasteiger charge is -2.40. The molecule has 0 unspecified atom stereocenters. The second-order valence-corrected chi connectivity index (χ2v) is 6.52. The number of ether oxygens (including phenoxy) is 2. The summed E-state index contributed by atoms with van der Waals surface area (Å²) in [7, 11) is 1.63. The number of rotatable bonds is 5. The Morgan fingerprint density at radius 3 is 1.96 bits per heavy atom. The number of benzene rings is 2. The fraction of sp³-hybridized carbons (Fsp3) is 0.400. The SMILES string of the molecule is COc1ccc(Cc2ccc([C@@H]3O[C@H](CO)[C@@H](O)[C@H](O)[C@H]3O)cc2)cc1. The number of aliphatic hydroxyl groups excluding tert-OH is 4. The number of hydrogen-bond donors (Lipinski definition) is 4. The molecule has 4 N–H and O–H groups in total. The van der Waals surface area contributed by atoms with Crippen LogP contribution in [0.2, 0.25) is 0 Å². The van der Waals surface area contributed by atoms with Gasteiger partial charge in [0, 0.05) is 0 Å². The summed E-state index contributed by atoms with van der Waals surface area (Å²) >= 11 is 0. The largest absolute Gasteiger partial charge is 0.497 e. The number of hydrogen-bond acceptors (Lipinski definition) is 6. The number of aliphatic hydroxyl groups is 4. The van der Waals surface area contributed by atoms with E-state index in [2.05, 4.69) is 0 Å².